The Morgan fingerprint density at radius 3 is 2.82 bits per heavy atom. The van der Waals surface area contributed by atoms with Gasteiger partial charge in [0.25, 0.3) is 0 Å². The summed E-state index contributed by atoms with van der Waals surface area (Å²) in [6.45, 7) is 8.96. The molecule has 3 nitrogen and oxygen atoms in total. The summed E-state index contributed by atoms with van der Waals surface area (Å²) in [4.78, 5) is 14.2. The van der Waals surface area contributed by atoms with Crippen LogP contribution in [0.25, 0.3) is 0 Å². The second-order valence-corrected chi connectivity index (χ2v) is 5.15. The zero-order chi connectivity index (χ0) is 12.7. The highest BCUT2D eigenvalue weighted by Crippen LogP contribution is 2.20. The lowest BCUT2D eigenvalue weighted by Gasteiger charge is -2.35. The van der Waals surface area contributed by atoms with Crippen LogP contribution in [0, 0.1) is 5.92 Å². The molecule has 0 bridgehead atoms. The topological polar surface area (TPSA) is 29.5 Å². The molecule has 1 aliphatic rings. The van der Waals surface area contributed by atoms with Crippen molar-refractivity contribution in [1.29, 1.82) is 0 Å². The summed E-state index contributed by atoms with van der Waals surface area (Å²) in [6.07, 6.45) is 5.81. The number of hydrogen-bond acceptors (Lipinski definition) is 3. The van der Waals surface area contributed by atoms with Gasteiger partial charge in [0.15, 0.2) is 0 Å². The minimum atomic E-state index is -0.0177. The van der Waals surface area contributed by atoms with Gasteiger partial charge in [0, 0.05) is 6.54 Å². The molecular formula is C14H27NO2. The van der Waals surface area contributed by atoms with Gasteiger partial charge in [-0.05, 0) is 38.6 Å². The van der Waals surface area contributed by atoms with Crippen LogP contribution in [-0.2, 0) is 9.53 Å². The van der Waals surface area contributed by atoms with Crippen LogP contribution >= 0.6 is 0 Å². The molecule has 3 heteroatoms. The highest BCUT2D eigenvalue weighted by atomic mass is 16.5. The summed E-state index contributed by atoms with van der Waals surface area (Å²) in [6, 6.07) is 0.0167. The Kier molecular flexibility index (Phi) is 6.56. The van der Waals surface area contributed by atoms with Gasteiger partial charge in [-0.3, -0.25) is 9.69 Å². The lowest BCUT2D eigenvalue weighted by atomic mass is 9.98. The van der Waals surface area contributed by atoms with E-state index >= 15 is 0 Å². The molecule has 17 heavy (non-hydrogen) atoms. The Hall–Kier alpha value is -0.570. The molecule has 0 aliphatic carbocycles. The molecule has 100 valence electrons. The summed E-state index contributed by atoms with van der Waals surface area (Å²) in [5.41, 5.74) is 0. The number of esters is 1. The molecular weight excluding hydrogens is 214 g/mol. The Morgan fingerprint density at radius 2 is 2.18 bits per heavy atom. The molecule has 0 amide bonds. The molecule has 0 aromatic carbocycles. The van der Waals surface area contributed by atoms with Crippen LogP contribution in [0.5, 0.6) is 0 Å². The van der Waals surface area contributed by atoms with Gasteiger partial charge in [0.05, 0.1) is 6.61 Å². The van der Waals surface area contributed by atoms with Gasteiger partial charge in [-0.25, -0.2) is 0 Å². The Bertz CT molecular complexity index is 230. The average molecular weight is 241 g/mol. The van der Waals surface area contributed by atoms with Crippen molar-refractivity contribution in [3.8, 4) is 0 Å². The first-order valence-electron chi connectivity index (χ1n) is 7.09. The van der Waals surface area contributed by atoms with E-state index in [9.17, 15) is 4.79 Å². The van der Waals surface area contributed by atoms with Crippen molar-refractivity contribution < 1.29 is 9.53 Å². The van der Waals surface area contributed by atoms with Crippen molar-refractivity contribution in [2.24, 2.45) is 5.92 Å². The second-order valence-electron chi connectivity index (χ2n) is 5.15. The summed E-state index contributed by atoms with van der Waals surface area (Å²) in [5, 5.41) is 0. The highest BCUT2D eigenvalue weighted by Gasteiger charge is 2.30. The van der Waals surface area contributed by atoms with Crippen molar-refractivity contribution in [2.75, 3.05) is 19.7 Å². The molecule has 0 spiro atoms. The largest absolute Gasteiger partial charge is 0.465 e. The van der Waals surface area contributed by atoms with Crippen molar-refractivity contribution in [3.63, 3.8) is 0 Å². The number of likely N-dealkylation sites (tertiary alicyclic amines) is 1. The number of carbonyl (C=O) groups is 1. The smallest absolute Gasteiger partial charge is 0.323 e. The number of piperidine rings is 1. The lowest BCUT2D eigenvalue weighted by Crippen LogP contribution is -2.47. The van der Waals surface area contributed by atoms with Crippen molar-refractivity contribution >= 4 is 5.97 Å². The number of nitrogens with zero attached hydrogens (tertiary/aromatic N) is 1. The molecule has 1 aliphatic heterocycles. The van der Waals surface area contributed by atoms with Crippen LogP contribution in [-0.4, -0.2) is 36.6 Å². The molecule has 0 aromatic heterocycles. The fourth-order valence-corrected chi connectivity index (χ4v) is 2.70. The zero-order valence-electron chi connectivity index (χ0n) is 11.6. The Labute approximate surface area is 106 Å². The standard InChI is InChI=1S/C14H27NO2/c1-4-8-12(3)11-15-10-7-6-9-13(15)14(16)17-5-2/h12-13H,4-11H2,1-3H3. The summed E-state index contributed by atoms with van der Waals surface area (Å²) < 4.78 is 5.17. The van der Waals surface area contributed by atoms with Crippen molar-refractivity contribution in [1.82, 2.24) is 4.90 Å². The maximum absolute atomic E-state index is 11.9. The monoisotopic (exact) mass is 241 g/mol. The van der Waals surface area contributed by atoms with E-state index < -0.39 is 0 Å². The summed E-state index contributed by atoms with van der Waals surface area (Å²) >= 11 is 0. The Morgan fingerprint density at radius 1 is 1.41 bits per heavy atom. The van der Waals surface area contributed by atoms with E-state index in [0.717, 1.165) is 25.9 Å². The SMILES string of the molecule is CCCC(C)CN1CCCCC1C(=O)OCC. The molecule has 0 saturated carbocycles. The highest BCUT2D eigenvalue weighted by molar-refractivity contribution is 5.75. The Balaban J connectivity index is 2.50. The predicted octanol–water partition coefficient (Wildman–Crippen LogP) is 2.84. The molecule has 1 saturated heterocycles. The molecule has 2 atom stereocenters. The van der Waals surface area contributed by atoms with Crippen LogP contribution in [0.4, 0.5) is 0 Å². The molecule has 0 radical (unpaired) electrons. The summed E-state index contributed by atoms with van der Waals surface area (Å²) in [7, 11) is 0. The van der Waals surface area contributed by atoms with Gasteiger partial charge >= 0.3 is 5.97 Å². The maximum atomic E-state index is 11.9. The van der Waals surface area contributed by atoms with Crippen LogP contribution in [0.1, 0.15) is 52.9 Å². The van der Waals surface area contributed by atoms with E-state index in [1.807, 2.05) is 6.92 Å². The number of carbonyl (C=O) groups excluding carboxylic acids is 1. The normalized spacial score (nSPS) is 23.4. The lowest BCUT2D eigenvalue weighted by molar-refractivity contribution is -0.151. The third-order valence-corrected chi connectivity index (χ3v) is 3.50. The fourth-order valence-electron chi connectivity index (χ4n) is 2.70. The zero-order valence-corrected chi connectivity index (χ0v) is 11.6. The molecule has 0 N–H and O–H groups in total. The van der Waals surface area contributed by atoms with E-state index in [4.69, 9.17) is 4.74 Å². The second kappa shape index (κ2) is 7.70. The van der Waals surface area contributed by atoms with Crippen LogP contribution in [0.3, 0.4) is 0 Å². The molecule has 1 heterocycles. The third kappa shape index (κ3) is 4.66. The molecule has 1 fully saturated rings. The first kappa shape index (κ1) is 14.5. The van der Waals surface area contributed by atoms with Gasteiger partial charge in [0.2, 0.25) is 0 Å². The van der Waals surface area contributed by atoms with Gasteiger partial charge in [-0.15, -0.1) is 0 Å². The van der Waals surface area contributed by atoms with Gasteiger partial charge in [-0.1, -0.05) is 26.7 Å². The van der Waals surface area contributed by atoms with Gasteiger partial charge in [-0.2, -0.15) is 0 Å². The number of ether oxygens (including phenoxy) is 1. The van der Waals surface area contributed by atoms with Crippen molar-refractivity contribution in [2.45, 2.75) is 58.9 Å². The van der Waals surface area contributed by atoms with Crippen LogP contribution in [0.15, 0.2) is 0 Å². The van der Waals surface area contributed by atoms with E-state index in [2.05, 4.69) is 18.7 Å². The fraction of sp³-hybridized carbons (Fsp3) is 0.929. The van der Waals surface area contributed by atoms with E-state index in [1.165, 1.54) is 19.3 Å². The first-order chi connectivity index (χ1) is 8.19. The molecule has 1 rings (SSSR count). The molecule has 2 unspecified atom stereocenters. The quantitative estimate of drug-likeness (QED) is 0.670. The average Bonchev–Trinajstić information content (AvgIpc) is 2.30. The van der Waals surface area contributed by atoms with Gasteiger partial charge < -0.3 is 4.74 Å². The minimum absolute atomic E-state index is 0.0167. The molecule has 0 aromatic rings. The van der Waals surface area contributed by atoms with E-state index in [-0.39, 0.29) is 12.0 Å². The maximum Gasteiger partial charge on any atom is 0.323 e. The third-order valence-electron chi connectivity index (χ3n) is 3.50. The minimum Gasteiger partial charge on any atom is -0.465 e. The van der Waals surface area contributed by atoms with Crippen LogP contribution in [0.2, 0.25) is 0 Å². The first-order valence-corrected chi connectivity index (χ1v) is 7.09. The van der Waals surface area contributed by atoms with E-state index in [1.54, 1.807) is 0 Å². The summed E-state index contributed by atoms with van der Waals surface area (Å²) in [5.74, 6) is 0.658. The number of rotatable bonds is 6. The van der Waals surface area contributed by atoms with E-state index in [0.29, 0.717) is 12.5 Å². The van der Waals surface area contributed by atoms with Crippen LogP contribution < -0.4 is 0 Å². The van der Waals surface area contributed by atoms with Gasteiger partial charge in [0.1, 0.15) is 6.04 Å². The number of hydrogen-bond donors (Lipinski definition) is 0. The van der Waals surface area contributed by atoms with Crippen molar-refractivity contribution in [3.05, 3.63) is 0 Å². The predicted molar refractivity (Wildman–Crippen MR) is 69.9 cm³/mol.